The van der Waals surface area contributed by atoms with E-state index < -0.39 is 12.3 Å². The summed E-state index contributed by atoms with van der Waals surface area (Å²) in [4.78, 5) is 0. The molecule has 3 unspecified atom stereocenters. The van der Waals surface area contributed by atoms with Gasteiger partial charge in [0.1, 0.15) is 0 Å². The maximum absolute atomic E-state index is 12.4. The summed E-state index contributed by atoms with van der Waals surface area (Å²) in [5.41, 5.74) is 0. The van der Waals surface area contributed by atoms with Crippen LogP contribution in [0.25, 0.3) is 0 Å². The van der Waals surface area contributed by atoms with E-state index in [1.54, 1.807) is 6.92 Å². The first-order chi connectivity index (χ1) is 6.16. The lowest BCUT2D eigenvalue weighted by molar-refractivity contribution is 0.0117. The molecule has 0 aliphatic carbocycles. The third-order valence-corrected chi connectivity index (χ3v) is 2.98. The van der Waals surface area contributed by atoms with Crippen molar-refractivity contribution in [3.05, 3.63) is 0 Å². The van der Waals surface area contributed by atoms with Crippen molar-refractivity contribution in [3.8, 4) is 0 Å². The normalized spacial score (nSPS) is 32.1. The Morgan fingerprint density at radius 2 is 2.23 bits per heavy atom. The molecule has 0 aromatic heterocycles. The highest BCUT2D eigenvalue weighted by Gasteiger charge is 2.33. The van der Waals surface area contributed by atoms with Crippen molar-refractivity contribution in [3.63, 3.8) is 0 Å². The van der Waals surface area contributed by atoms with Gasteiger partial charge in [-0.1, -0.05) is 6.92 Å². The Morgan fingerprint density at radius 3 is 2.77 bits per heavy atom. The van der Waals surface area contributed by atoms with Gasteiger partial charge >= 0.3 is 0 Å². The first-order valence-electron chi connectivity index (χ1n) is 4.76. The van der Waals surface area contributed by atoms with Gasteiger partial charge in [0.15, 0.2) is 0 Å². The highest BCUT2D eigenvalue weighted by atomic mass is 19.3. The van der Waals surface area contributed by atoms with E-state index in [0.29, 0.717) is 6.54 Å². The molecule has 0 bridgehead atoms. The molecule has 0 aromatic rings. The number of aliphatic hydroxyl groups excluding tert-OH is 1. The van der Waals surface area contributed by atoms with Gasteiger partial charge in [0.05, 0.1) is 0 Å². The number of halogens is 2. The lowest BCUT2D eigenvalue weighted by Crippen LogP contribution is -2.42. The molecule has 1 aliphatic rings. The first kappa shape index (κ1) is 10.9. The Kier molecular flexibility index (Phi) is 4.06. The molecular formula is C9H17F2NO. The molecule has 1 rings (SSSR count). The van der Waals surface area contributed by atoms with E-state index in [9.17, 15) is 8.78 Å². The van der Waals surface area contributed by atoms with Crippen molar-refractivity contribution < 1.29 is 13.9 Å². The van der Waals surface area contributed by atoms with Gasteiger partial charge in [-0.15, -0.1) is 0 Å². The molecule has 2 nitrogen and oxygen atoms in total. The maximum Gasteiger partial charge on any atom is 0.241 e. The number of hydrogen-bond donors (Lipinski definition) is 2. The molecule has 78 valence electrons. The van der Waals surface area contributed by atoms with Gasteiger partial charge in [0.2, 0.25) is 6.43 Å². The van der Waals surface area contributed by atoms with Crippen LogP contribution in [0.1, 0.15) is 13.3 Å². The van der Waals surface area contributed by atoms with Crippen molar-refractivity contribution in [1.29, 1.82) is 0 Å². The molecular weight excluding hydrogens is 176 g/mol. The molecule has 4 heteroatoms. The fourth-order valence-corrected chi connectivity index (χ4v) is 1.97. The van der Waals surface area contributed by atoms with E-state index in [0.717, 1.165) is 13.0 Å². The highest BCUT2D eigenvalue weighted by molar-refractivity contribution is 4.82. The zero-order valence-corrected chi connectivity index (χ0v) is 7.84. The number of nitrogens with one attached hydrogen (secondary N) is 1. The minimum atomic E-state index is -2.28. The van der Waals surface area contributed by atoms with Crippen LogP contribution in [0.15, 0.2) is 0 Å². The molecule has 1 saturated heterocycles. The minimum absolute atomic E-state index is 0.0312. The number of rotatable bonds is 3. The maximum atomic E-state index is 12.4. The second-order valence-corrected chi connectivity index (χ2v) is 3.79. The van der Waals surface area contributed by atoms with E-state index in [1.807, 2.05) is 0 Å². The van der Waals surface area contributed by atoms with Crippen LogP contribution in [0.4, 0.5) is 8.78 Å². The molecule has 2 N–H and O–H groups in total. The second kappa shape index (κ2) is 4.86. The van der Waals surface area contributed by atoms with E-state index in [1.165, 1.54) is 0 Å². The van der Waals surface area contributed by atoms with Crippen molar-refractivity contribution >= 4 is 0 Å². The van der Waals surface area contributed by atoms with Crippen LogP contribution < -0.4 is 5.32 Å². The number of alkyl halides is 2. The molecule has 0 aromatic carbocycles. The fourth-order valence-electron chi connectivity index (χ4n) is 1.97. The first-order valence-corrected chi connectivity index (χ1v) is 4.76. The van der Waals surface area contributed by atoms with Gasteiger partial charge in [0.25, 0.3) is 0 Å². The van der Waals surface area contributed by atoms with E-state index in [2.05, 4.69) is 5.32 Å². The van der Waals surface area contributed by atoms with Crippen molar-refractivity contribution in [2.45, 2.75) is 19.8 Å². The largest absolute Gasteiger partial charge is 0.396 e. The zero-order valence-electron chi connectivity index (χ0n) is 7.84. The lowest BCUT2D eigenvalue weighted by Gasteiger charge is -2.34. The Labute approximate surface area is 77.3 Å². The summed E-state index contributed by atoms with van der Waals surface area (Å²) in [6.45, 7) is 3.03. The van der Waals surface area contributed by atoms with Crippen LogP contribution in [0, 0.1) is 17.8 Å². The van der Waals surface area contributed by atoms with E-state index in [-0.39, 0.29) is 18.4 Å². The van der Waals surface area contributed by atoms with Crippen LogP contribution in [0.2, 0.25) is 0 Å². The SMILES string of the molecule is CC(C(F)F)C1CNCCC1CO. The van der Waals surface area contributed by atoms with Gasteiger partial charge in [-0.3, -0.25) is 0 Å². The summed E-state index contributed by atoms with van der Waals surface area (Å²) >= 11 is 0. The number of piperidine rings is 1. The Bertz CT molecular complexity index is 153. The summed E-state index contributed by atoms with van der Waals surface area (Å²) in [5, 5.41) is 12.1. The van der Waals surface area contributed by atoms with Crippen LogP contribution in [0.5, 0.6) is 0 Å². The molecule has 1 heterocycles. The third kappa shape index (κ3) is 2.61. The smallest absolute Gasteiger partial charge is 0.241 e. The molecule has 13 heavy (non-hydrogen) atoms. The van der Waals surface area contributed by atoms with Gasteiger partial charge in [-0.05, 0) is 31.3 Å². The zero-order chi connectivity index (χ0) is 9.84. The average Bonchev–Trinajstić information content (AvgIpc) is 2.16. The standard InChI is InChI=1S/C9H17F2NO/c1-6(9(10)11)8-4-12-3-2-7(8)5-13/h6-9,12-13H,2-5H2,1H3. The topological polar surface area (TPSA) is 32.3 Å². The van der Waals surface area contributed by atoms with Gasteiger partial charge in [-0.2, -0.15) is 0 Å². The predicted molar refractivity (Wildman–Crippen MR) is 46.7 cm³/mol. The Balaban J connectivity index is 2.53. The van der Waals surface area contributed by atoms with Crippen LogP contribution in [0.3, 0.4) is 0 Å². The quantitative estimate of drug-likeness (QED) is 0.703. The van der Waals surface area contributed by atoms with Gasteiger partial charge < -0.3 is 10.4 Å². The number of aliphatic hydroxyl groups is 1. The summed E-state index contributed by atoms with van der Waals surface area (Å²) < 4.78 is 24.8. The van der Waals surface area contributed by atoms with Crippen LogP contribution in [-0.2, 0) is 0 Å². The second-order valence-electron chi connectivity index (χ2n) is 3.79. The van der Waals surface area contributed by atoms with Crippen LogP contribution in [-0.4, -0.2) is 31.2 Å². The minimum Gasteiger partial charge on any atom is -0.396 e. The monoisotopic (exact) mass is 193 g/mol. The Hall–Kier alpha value is -0.220. The summed E-state index contributed by atoms with van der Waals surface area (Å²) in [7, 11) is 0. The lowest BCUT2D eigenvalue weighted by atomic mass is 9.79. The molecule has 0 radical (unpaired) electrons. The van der Waals surface area contributed by atoms with Crippen molar-refractivity contribution in [1.82, 2.24) is 5.32 Å². The predicted octanol–water partition coefficient (Wildman–Crippen LogP) is 1.11. The molecule has 3 atom stereocenters. The molecule has 0 spiro atoms. The van der Waals surface area contributed by atoms with Crippen molar-refractivity contribution in [2.24, 2.45) is 17.8 Å². The average molecular weight is 193 g/mol. The van der Waals surface area contributed by atoms with Crippen molar-refractivity contribution in [2.75, 3.05) is 19.7 Å². The van der Waals surface area contributed by atoms with Crippen LogP contribution >= 0.6 is 0 Å². The van der Waals surface area contributed by atoms with Gasteiger partial charge in [0, 0.05) is 12.5 Å². The van der Waals surface area contributed by atoms with E-state index >= 15 is 0 Å². The fraction of sp³-hybridized carbons (Fsp3) is 1.00. The molecule has 1 fully saturated rings. The molecule has 0 amide bonds. The molecule has 0 saturated carbocycles. The molecule has 1 aliphatic heterocycles. The highest BCUT2D eigenvalue weighted by Crippen LogP contribution is 2.29. The number of hydrogen-bond acceptors (Lipinski definition) is 2. The summed E-state index contributed by atoms with van der Waals surface area (Å²) in [6, 6.07) is 0. The third-order valence-electron chi connectivity index (χ3n) is 2.98. The summed E-state index contributed by atoms with van der Waals surface area (Å²) in [6.07, 6.45) is -1.47. The van der Waals surface area contributed by atoms with Gasteiger partial charge in [-0.25, -0.2) is 8.78 Å². The Morgan fingerprint density at radius 1 is 1.54 bits per heavy atom. The van der Waals surface area contributed by atoms with E-state index in [4.69, 9.17) is 5.11 Å². The summed E-state index contributed by atoms with van der Waals surface area (Å²) in [5.74, 6) is -0.658.